The molecule has 2 fully saturated rings. The molecule has 13 heteroatoms. The number of carbonyl (C=O) groups excluding carboxylic acids is 1. The number of nitrogens with one attached hydrogen (secondary N) is 1. The largest absolute Gasteiger partial charge is 0.519 e. The Morgan fingerprint density at radius 2 is 2.00 bits per heavy atom. The quantitative estimate of drug-likeness (QED) is 0.329. The van der Waals surface area contributed by atoms with Gasteiger partial charge in [0.1, 0.15) is 41.3 Å². The van der Waals surface area contributed by atoms with Gasteiger partial charge in [-0.15, -0.1) is 23.4 Å². The van der Waals surface area contributed by atoms with Crippen molar-refractivity contribution in [2.75, 3.05) is 12.8 Å². The normalized spacial score (nSPS) is 35.4. The van der Waals surface area contributed by atoms with Crippen LogP contribution in [0, 0.1) is 6.92 Å². The van der Waals surface area contributed by atoms with Crippen LogP contribution in [0.1, 0.15) is 51.1 Å². The lowest BCUT2D eigenvalue weighted by Gasteiger charge is -2.45. The van der Waals surface area contributed by atoms with Crippen LogP contribution in [0.2, 0.25) is 0 Å². The van der Waals surface area contributed by atoms with Gasteiger partial charge in [-0.3, -0.25) is 9.69 Å². The van der Waals surface area contributed by atoms with Gasteiger partial charge < -0.3 is 34.2 Å². The Balaban J connectivity index is 1.85. The van der Waals surface area contributed by atoms with Crippen molar-refractivity contribution in [3.63, 3.8) is 0 Å². The first-order valence-electron chi connectivity index (χ1n) is 12.1. The summed E-state index contributed by atoms with van der Waals surface area (Å²) in [7, 11) is 0. The van der Waals surface area contributed by atoms with Gasteiger partial charge in [0, 0.05) is 13.0 Å². The zero-order chi connectivity index (χ0) is 26.8. The number of aryl methyl sites for hydroxylation is 1. The van der Waals surface area contributed by atoms with Crippen LogP contribution in [0.3, 0.4) is 0 Å². The lowest BCUT2D eigenvalue weighted by atomic mass is 9.83. The Morgan fingerprint density at radius 3 is 2.56 bits per heavy atom. The molecule has 0 radical (unpaired) electrons. The second-order valence-corrected chi connectivity index (χ2v) is 11.3. The number of piperidine rings is 1. The highest BCUT2D eigenvalue weighted by atomic mass is 35.5. The van der Waals surface area contributed by atoms with E-state index in [1.165, 1.54) is 0 Å². The zero-order valence-electron chi connectivity index (χ0n) is 20.9. The monoisotopic (exact) mass is 554 g/mol. The standard InChI is InChI=1S/C23H36ClFN2O8S/c1-5-6-23(25)7-8-27(10-14-12(3)33-22(32)34-14)13(9-23)20(31)26-15(11(2)24)19-17(29)16(28)18(30)21(35-19)36-4/h11,13,15-19,21,28-30H,5-10H2,1-4H3,(H,26,31). The summed E-state index contributed by atoms with van der Waals surface area (Å²) in [5.74, 6) is -0.847. The SMILES string of the molecule is CCCC1(F)CCN(Cc2oc(=O)oc2C)C(C(=O)NC(C(C)Cl)C2OC(SC)C(O)C(O)C2O)C1. The van der Waals surface area contributed by atoms with Crippen LogP contribution < -0.4 is 11.1 Å². The molecule has 2 saturated heterocycles. The number of hydrogen-bond donors (Lipinski definition) is 4. The maximum Gasteiger partial charge on any atom is 0.519 e. The van der Waals surface area contributed by atoms with Crippen molar-refractivity contribution in [2.45, 2.75) is 106 Å². The van der Waals surface area contributed by atoms with E-state index >= 15 is 4.39 Å². The van der Waals surface area contributed by atoms with Gasteiger partial charge in [-0.2, -0.15) is 0 Å². The predicted octanol–water partition coefficient (Wildman–Crippen LogP) is 1.30. The van der Waals surface area contributed by atoms with Crippen molar-refractivity contribution in [1.29, 1.82) is 0 Å². The molecule has 3 rings (SSSR count). The van der Waals surface area contributed by atoms with Crippen LogP contribution in [0.4, 0.5) is 4.39 Å². The number of thioether (sulfide) groups is 1. The van der Waals surface area contributed by atoms with E-state index in [-0.39, 0.29) is 37.5 Å². The maximum absolute atomic E-state index is 15.6. The van der Waals surface area contributed by atoms with Gasteiger partial charge in [0.05, 0.1) is 24.0 Å². The minimum Gasteiger partial charge on any atom is -0.396 e. The van der Waals surface area contributed by atoms with Gasteiger partial charge in [-0.05, 0) is 32.9 Å². The van der Waals surface area contributed by atoms with Crippen LogP contribution in [-0.2, 0) is 16.1 Å². The van der Waals surface area contributed by atoms with Crippen molar-refractivity contribution in [3.05, 3.63) is 22.1 Å². The van der Waals surface area contributed by atoms with Crippen LogP contribution >= 0.6 is 23.4 Å². The molecular formula is C23H36ClFN2O8S. The second kappa shape index (κ2) is 12.1. The predicted molar refractivity (Wildman–Crippen MR) is 132 cm³/mol. The topological polar surface area (TPSA) is 146 Å². The molecule has 0 aliphatic carbocycles. The molecular weight excluding hydrogens is 519 g/mol. The third-order valence-electron chi connectivity index (χ3n) is 7.03. The first-order valence-corrected chi connectivity index (χ1v) is 13.8. The van der Waals surface area contributed by atoms with E-state index in [2.05, 4.69) is 5.32 Å². The van der Waals surface area contributed by atoms with Crippen LogP contribution in [0.5, 0.6) is 0 Å². The molecule has 206 valence electrons. The van der Waals surface area contributed by atoms with Crippen LogP contribution in [0.25, 0.3) is 0 Å². The smallest absolute Gasteiger partial charge is 0.396 e. The van der Waals surface area contributed by atoms with Crippen molar-refractivity contribution in [3.8, 4) is 0 Å². The fourth-order valence-corrected chi connectivity index (χ4v) is 5.87. The second-order valence-electron chi connectivity index (χ2n) is 9.66. The maximum atomic E-state index is 15.6. The van der Waals surface area contributed by atoms with E-state index in [1.807, 2.05) is 6.92 Å². The van der Waals surface area contributed by atoms with Gasteiger partial charge in [0.25, 0.3) is 0 Å². The number of halogens is 2. The molecule has 1 amide bonds. The van der Waals surface area contributed by atoms with E-state index in [1.54, 1.807) is 25.0 Å². The third-order valence-corrected chi connectivity index (χ3v) is 8.15. The molecule has 9 atom stereocenters. The molecule has 0 spiro atoms. The Hall–Kier alpha value is -1.15. The summed E-state index contributed by atoms with van der Waals surface area (Å²) in [4.78, 5) is 26.8. The van der Waals surface area contributed by atoms with Crippen LogP contribution in [0.15, 0.2) is 13.6 Å². The number of amides is 1. The number of carbonyl (C=O) groups is 1. The molecule has 0 aromatic carbocycles. The summed E-state index contributed by atoms with van der Waals surface area (Å²) >= 11 is 7.54. The lowest BCUT2D eigenvalue weighted by Crippen LogP contribution is -2.66. The number of nitrogens with zero attached hydrogens (tertiary/aromatic N) is 1. The number of likely N-dealkylation sites (tertiary alicyclic amines) is 1. The minimum atomic E-state index is -1.55. The van der Waals surface area contributed by atoms with E-state index in [4.69, 9.17) is 25.2 Å². The van der Waals surface area contributed by atoms with Crippen molar-refractivity contribution >= 4 is 29.3 Å². The summed E-state index contributed by atoms with van der Waals surface area (Å²) in [6.07, 6.45) is -2.74. The molecule has 1 aromatic heterocycles. The van der Waals surface area contributed by atoms with E-state index in [0.29, 0.717) is 12.8 Å². The molecule has 2 aliphatic rings. The molecule has 0 bridgehead atoms. The average molecular weight is 555 g/mol. The highest BCUT2D eigenvalue weighted by Crippen LogP contribution is 2.36. The zero-order valence-corrected chi connectivity index (χ0v) is 22.4. The average Bonchev–Trinajstić information content (AvgIpc) is 3.14. The lowest BCUT2D eigenvalue weighted by molar-refractivity contribution is -0.205. The molecule has 9 unspecified atom stereocenters. The number of rotatable bonds is 9. The van der Waals surface area contributed by atoms with Gasteiger partial charge in [0.15, 0.2) is 5.76 Å². The summed E-state index contributed by atoms with van der Waals surface area (Å²) in [6.45, 7) is 5.37. The van der Waals surface area contributed by atoms with Crippen LogP contribution in [-0.4, -0.2) is 91.9 Å². The highest BCUT2D eigenvalue weighted by Gasteiger charge is 2.49. The summed E-state index contributed by atoms with van der Waals surface area (Å²) in [5.41, 5.74) is -2.39. The minimum absolute atomic E-state index is 0.0704. The Bertz CT molecular complexity index is 945. The molecule has 36 heavy (non-hydrogen) atoms. The number of alkyl halides is 2. The molecule has 10 nitrogen and oxygen atoms in total. The summed E-state index contributed by atoms with van der Waals surface area (Å²) in [6, 6.07) is -1.89. The third kappa shape index (κ3) is 6.46. The van der Waals surface area contributed by atoms with Crippen molar-refractivity contribution in [2.24, 2.45) is 0 Å². The molecule has 2 aliphatic heterocycles. The fourth-order valence-electron chi connectivity index (χ4n) is 4.99. The van der Waals surface area contributed by atoms with Gasteiger partial charge in [-0.1, -0.05) is 13.3 Å². The number of aliphatic hydroxyl groups is 3. The van der Waals surface area contributed by atoms with E-state index in [0.717, 1.165) is 11.8 Å². The molecule has 3 heterocycles. The number of aliphatic hydroxyl groups excluding tert-OH is 3. The number of ether oxygens (including phenoxy) is 1. The molecule has 4 N–H and O–H groups in total. The Morgan fingerprint density at radius 1 is 1.31 bits per heavy atom. The Kier molecular flexibility index (Phi) is 9.92. The first kappa shape index (κ1) is 29.4. The fraction of sp³-hybridized carbons (Fsp3) is 0.826. The van der Waals surface area contributed by atoms with E-state index < -0.39 is 64.7 Å². The van der Waals surface area contributed by atoms with Crippen molar-refractivity contribution < 1.29 is 38.1 Å². The van der Waals surface area contributed by atoms with E-state index in [9.17, 15) is 24.9 Å². The molecule has 0 saturated carbocycles. The first-order chi connectivity index (χ1) is 16.9. The van der Waals surface area contributed by atoms with Gasteiger partial charge >= 0.3 is 5.82 Å². The highest BCUT2D eigenvalue weighted by molar-refractivity contribution is 7.99. The van der Waals surface area contributed by atoms with Gasteiger partial charge in [-0.25, -0.2) is 9.18 Å². The van der Waals surface area contributed by atoms with Gasteiger partial charge in [0.2, 0.25) is 5.91 Å². The summed E-state index contributed by atoms with van der Waals surface area (Å²) < 4.78 is 31.5. The van der Waals surface area contributed by atoms with Crippen molar-refractivity contribution in [1.82, 2.24) is 10.2 Å². The number of hydrogen-bond acceptors (Lipinski definition) is 10. The summed E-state index contributed by atoms with van der Waals surface area (Å²) in [5, 5.41) is 33.2. The Labute approximate surface area is 218 Å². The molecule has 1 aromatic rings.